The molecule has 0 amide bonds. The SMILES string of the molecule is C1=CC2=Nc3[nH]ccc3CN2C=C1.C1=CC2=Nc3sccc3CN2C=C1.O=c1[nH]c2ccccc2c2sccc12.c1ccc2c(c1)CCc1ccccc1-2.c1ccc2c(c1)Cc1cn[nH]c1-2.c1ccc2c(c1)SCc1cn[nH]c1-2. The van der Waals surface area contributed by atoms with Crippen LogP contribution in [0, 0.1) is 0 Å². The summed E-state index contributed by atoms with van der Waals surface area (Å²) < 4.78 is 1.07. The number of hydrogen-bond donors (Lipinski definition) is 4. The van der Waals surface area contributed by atoms with Crippen LogP contribution in [-0.4, -0.2) is 51.8 Å². The number of hydrogen-bond acceptors (Lipinski definition) is 10. The van der Waals surface area contributed by atoms with Gasteiger partial charge in [-0.25, -0.2) is 9.98 Å². The molecule has 11 nitrogen and oxygen atoms in total. The van der Waals surface area contributed by atoms with Gasteiger partial charge in [0.15, 0.2) is 0 Å². The predicted molar refractivity (Wildman–Crippen MR) is 327 cm³/mol. The number of rotatable bonds is 0. The molecule has 0 spiro atoms. The standard InChI is InChI=1S/C14H12.C11H7NOS.C10H9N3.2C10H8N2S.C10H8N2/c1-3-7-13-11(5-1)9-10-12-6-2-4-8-14(12)13;13-11-8-5-6-14-10(8)7-3-1-2-4-9(7)12-11;1-2-6-13-7-8-4-5-11-10(8)12-9(13)3-1;1-2-5-12-7-8-4-6-13-10(8)11-9(12)3-1;1-2-4-9-8(3-1)10-7(6-13-9)5-11-12-10;1-2-4-9-7(3-1)5-8-6-11-12-10(8)9/h1-8H,9-10H2;1-6H,(H,12,13);1-6,11H,7H2;1-6H,7H2;1-5H,6H2,(H,11,12);1-4,6H,5H2,(H,11,12). The molecule has 4 N–H and O–H groups in total. The molecule has 0 radical (unpaired) electrons. The second-order valence-corrected chi connectivity index (χ2v) is 22.2. The van der Waals surface area contributed by atoms with Crippen LogP contribution in [0.2, 0.25) is 0 Å². The Labute approximate surface area is 468 Å². The molecular formula is C65H52N10OS3. The topological polar surface area (TPSA) is 137 Å². The number of aryl methyl sites for hydroxylation is 2. The molecular weight excluding hydrogens is 1030 g/mol. The number of aromatic amines is 4. The smallest absolute Gasteiger partial charge is 0.257 e. The first-order valence-electron chi connectivity index (χ1n) is 26.2. The zero-order valence-electron chi connectivity index (χ0n) is 42.8. The zero-order valence-corrected chi connectivity index (χ0v) is 45.3. The lowest BCUT2D eigenvalue weighted by Gasteiger charge is -2.25. The van der Waals surface area contributed by atoms with Crippen LogP contribution in [0.15, 0.2) is 237 Å². The van der Waals surface area contributed by atoms with E-state index in [9.17, 15) is 4.79 Å². The maximum absolute atomic E-state index is 11.6. The number of nitrogens with one attached hydrogen (secondary N) is 4. The number of H-pyrrole nitrogens is 4. The normalized spacial score (nSPS) is 14.4. The van der Waals surface area contributed by atoms with Gasteiger partial charge in [0.1, 0.15) is 22.5 Å². The fraction of sp³-hybridized carbons (Fsp3) is 0.0923. The third kappa shape index (κ3) is 10.4. The molecule has 2 aliphatic carbocycles. The van der Waals surface area contributed by atoms with Crippen molar-refractivity contribution in [2.45, 2.75) is 43.0 Å². The fourth-order valence-electron chi connectivity index (χ4n) is 10.5. The monoisotopic (exact) mass is 1080 g/mol. The Kier molecular flexibility index (Phi) is 14.1. The van der Waals surface area contributed by atoms with Gasteiger partial charge in [-0.3, -0.25) is 15.0 Å². The molecule has 7 aliphatic rings. The summed E-state index contributed by atoms with van der Waals surface area (Å²) in [4.78, 5) is 32.3. The summed E-state index contributed by atoms with van der Waals surface area (Å²) in [6.45, 7) is 1.87. The summed E-state index contributed by atoms with van der Waals surface area (Å²) in [5.41, 5.74) is 18.3. The highest BCUT2D eigenvalue weighted by atomic mass is 32.2. The van der Waals surface area contributed by atoms with E-state index < -0.39 is 0 Å². The van der Waals surface area contributed by atoms with Gasteiger partial charge in [-0.2, -0.15) is 10.2 Å². The number of fused-ring (bicyclic) bond motifs is 16. The molecule has 14 heteroatoms. The lowest BCUT2D eigenvalue weighted by molar-refractivity contribution is 0.544. The summed E-state index contributed by atoms with van der Waals surface area (Å²) in [5, 5.41) is 21.3. The summed E-state index contributed by atoms with van der Waals surface area (Å²) in [6, 6.07) is 48.3. The minimum atomic E-state index is -0.0000463. The largest absolute Gasteiger partial charge is 0.346 e. The lowest BCUT2D eigenvalue weighted by atomic mass is 9.86. The average Bonchev–Trinajstić information content (AvgIpc) is 4.46. The van der Waals surface area contributed by atoms with Crippen LogP contribution in [0.4, 0.5) is 10.8 Å². The van der Waals surface area contributed by atoms with Crippen LogP contribution in [0.3, 0.4) is 0 Å². The van der Waals surface area contributed by atoms with Gasteiger partial charge in [0, 0.05) is 84.6 Å². The number of benzene rings is 5. The summed E-state index contributed by atoms with van der Waals surface area (Å²) in [5.74, 6) is 4.09. The number of nitrogens with zero attached hydrogens (tertiary/aromatic N) is 6. The molecule has 0 bridgehead atoms. The van der Waals surface area contributed by atoms with Crippen molar-refractivity contribution in [3.8, 4) is 33.6 Å². The van der Waals surface area contributed by atoms with Crippen molar-refractivity contribution in [3.63, 3.8) is 0 Å². The number of pyridine rings is 1. The highest BCUT2D eigenvalue weighted by Gasteiger charge is 2.21. The highest BCUT2D eigenvalue weighted by molar-refractivity contribution is 7.98. The number of aliphatic imine (C=N–C) groups is 2. The van der Waals surface area contributed by atoms with Gasteiger partial charge in [-0.1, -0.05) is 121 Å². The predicted octanol–water partition coefficient (Wildman–Crippen LogP) is 15.5. The van der Waals surface area contributed by atoms with E-state index in [1.54, 1.807) is 22.7 Å². The Morgan fingerprint density at radius 1 is 0.506 bits per heavy atom. The second kappa shape index (κ2) is 22.5. The molecule has 0 atom stereocenters. The van der Waals surface area contributed by atoms with Gasteiger partial charge in [-0.05, 0) is 106 Å². The third-order valence-corrected chi connectivity index (χ3v) is 17.4. The van der Waals surface area contributed by atoms with E-state index in [2.05, 4.69) is 177 Å². The van der Waals surface area contributed by atoms with Gasteiger partial charge >= 0.3 is 0 Å². The molecule has 0 fully saturated rings. The number of thiophene rings is 2. The quantitative estimate of drug-likeness (QED) is 0.119. The average molecular weight is 1090 g/mol. The zero-order chi connectivity index (χ0) is 52.9. The van der Waals surface area contributed by atoms with Gasteiger partial charge in [0.25, 0.3) is 5.56 Å². The summed E-state index contributed by atoms with van der Waals surface area (Å²) in [6.07, 6.45) is 25.4. The van der Waals surface area contributed by atoms with Gasteiger partial charge in [-0.15, -0.1) is 34.4 Å². The first-order chi connectivity index (χ1) is 39.1. The third-order valence-electron chi connectivity index (χ3n) is 14.5. The van der Waals surface area contributed by atoms with E-state index in [0.717, 1.165) is 68.7 Å². The van der Waals surface area contributed by atoms with Crippen molar-refractivity contribution in [1.82, 2.24) is 40.2 Å². The lowest BCUT2D eigenvalue weighted by Crippen LogP contribution is -2.27. The van der Waals surface area contributed by atoms with Crippen LogP contribution < -0.4 is 5.56 Å². The number of para-hydroxylation sites is 1. The molecule has 386 valence electrons. The maximum atomic E-state index is 11.6. The van der Waals surface area contributed by atoms with Crippen LogP contribution in [0.25, 0.3) is 54.6 Å². The maximum Gasteiger partial charge on any atom is 0.257 e. The minimum Gasteiger partial charge on any atom is -0.346 e. The number of thioether (sulfide) groups is 1. The van der Waals surface area contributed by atoms with Crippen LogP contribution in [0.5, 0.6) is 0 Å². The van der Waals surface area contributed by atoms with Crippen molar-refractivity contribution in [2.75, 3.05) is 0 Å². The Hall–Kier alpha value is -9.08. The molecule has 5 aliphatic heterocycles. The summed E-state index contributed by atoms with van der Waals surface area (Å²) >= 11 is 5.20. The highest BCUT2D eigenvalue weighted by Crippen LogP contribution is 2.40. The Morgan fingerprint density at radius 2 is 1.13 bits per heavy atom. The Bertz CT molecular complexity index is 4140. The van der Waals surface area contributed by atoms with Crippen LogP contribution in [-0.2, 0) is 38.1 Å². The molecule has 79 heavy (non-hydrogen) atoms. The first-order valence-corrected chi connectivity index (χ1v) is 28.9. The van der Waals surface area contributed by atoms with Crippen molar-refractivity contribution < 1.29 is 0 Å². The van der Waals surface area contributed by atoms with Crippen LogP contribution in [0.1, 0.15) is 38.9 Å². The Morgan fingerprint density at radius 3 is 1.90 bits per heavy atom. The molecule has 0 saturated carbocycles. The van der Waals surface area contributed by atoms with Crippen LogP contribution >= 0.6 is 34.4 Å². The Balaban J connectivity index is 0.0000000899. The van der Waals surface area contributed by atoms with E-state index >= 15 is 0 Å². The van der Waals surface area contributed by atoms with E-state index in [0.29, 0.717) is 0 Å². The van der Waals surface area contributed by atoms with Crippen molar-refractivity contribution in [3.05, 3.63) is 267 Å². The molecule has 11 heterocycles. The van der Waals surface area contributed by atoms with E-state index in [4.69, 9.17) is 0 Å². The molecule has 0 unspecified atom stereocenters. The molecule has 18 rings (SSSR count). The van der Waals surface area contributed by atoms with Crippen molar-refractivity contribution >= 4 is 77.9 Å². The van der Waals surface area contributed by atoms with Gasteiger partial charge < -0.3 is 19.8 Å². The van der Waals surface area contributed by atoms with E-state index in [1.807, 2.05) is 103 Å². The minimum absolute atomic E-state index is 0.0000463. The number of allylic oxidation sites excluding steroid dienone is 4. The van der Waals surface area contributed by atoms with Gasteiger partial charge in [0.05, 0.1) is 42.3 Å². The molecule has 11 aromatic rings. The molecule has 0 saturated heterocycles. The number of amidine groups is 2. The fourth-order valence-corrected chi connectivity index (χ4v) is 13.3. The van der Waals surface area contributed by atoms with Crippen molar-refractivity contribution in [1.29, 1.82) is 0 Å². The van der Waals surface area contributed by atoms with E-state index in [1.165, 1.54) is 90.3 Å². The van der Waals surface area contributed by atoms with Crippen molar-refractivity contribution in [2.24, 2.45) is 9.98 Å². The molecule has 5 aromatic carbocycles. The van der Waals surface area contributed by atoms with Gasteiger partial charge in [0.2, 0.25) is 0 Å². The van der Waals surface area contributed by atoms with E-state index in [-0.39, 0.29) is 5.56 Å². The summed E-state index contributed by atoms with van der Waals surface area (Å²) in [7, 11) is 0. The first kappa shape index (κ1) is 49.5. The molecule has 6 aromatic heterocycles. The second-order valence-electron chi connectivity index (χ2n) is 19.3. The number of aromatic nitrogens is 6.